The number of aromatic nitrogens is 2. The molecular formula is C20H27F3N4O4. The number of carboxylic acid groups (broad SMARTS) is 1. The minimum absolute atomic E-state index is 0.180. The number of alkyl halides is 3. The number of fused-ring (bicyclic) bond motifs is 1. The van der Waals surface area contributed by atoms with Crippen LogP contribution in [0.25, 0.3) is 0 Å². The van der Waals surface area contributed by atoms with Crippen LogP contribution in [-0.4, -0.2) is 63.3 Å². The van der Waals surface area contributed by atoms with Crippen molar-refractivity contribution in [1.29, 1.82) is 0 Å². The van der Waals surface area contributed by atoms with E-state index in [0.717, 1.165) is 38.3 Å². The maximum Gasteiger partial charge on any atom is 0.490 e. The van der Waals surface area contributed by atoms with Gasteiger partial charge in [-0.3, -0.25) is 9.59 Å². The van der Waals surface area contributed by atoms with Gasteiger partial charge in [-0.2, -0.15) is 18.2 Å². The van der Waals surface area contributed by atoms with Gasteiger partial charge in [-0.1, -0.05) is 0 Å². The fraction of sp³-hybridized carbons (Fsp3) is 0.700. The number of amides is 1. The molecule has 1 saturated heterocycles. The maximum atomic E-state index is 12.3. The van der Waals surface area contributed by atoms with Crippen LogP contribution in [0.1, 0.15) is 49.3 Å². The molecule has 172 valence electrons. The fourth-order valence-corrected chi connectivity index (χ4v) is 4.05. The van der Waals surface area contributed by atoms with E-state index < -0.39 is 12.1 Å². The van der Waals surface area contributed by atoms with E-state index >= 15 is 0 Å². The summed E-state index contributed by atoms with van der Waals surface area (Å²) >= 11 is 0. The Kier molecular flexibility index (Phi) is 6.45. The first-order valence-corrected chi connectivity index (χ1v) is 10.3. The highest BCUT2D eigenvalue weighted by molar-refractivity contribution is 5.93. The van der Waals surface area contributed by atoms with Gasteiger partial charge in [0.15, 0.2) is 0 Å². The van der Waals surface area contributed by atoms with Gasteiger partial charge in [-0.25, -0.2) is 4.79 Å². The van der Waals surface area contributed by atoms with Gasteiger partial charge in [0.05, 0.1) is 0 Å². The van der Waals surface area contributed by atoms with Gasteiger partial charge < -0.3 is 19.9 Å². The van der Waals surface area contributed by atoms with Crippen LogP contribution in [0.5, 0.6) is 0 Å². The van der Waals surface area contributed by atoms with E-state index in [9.17, 15) is 22.8 Å². The SMILES string of the molecule is CC(C)N1CCC2(Cc3nc(=O)c(C(=O)NCC4CC4)cn3C2)C1.O=C(O)C(F)(F)F. The third-order valence-electron chi connectivity index (χ3n) is 6.05. The van der Waals surface area contributed by atoms with Crippen molar-refractivity contribution < 1.29 is 27.9 Å². The van der Waals surface area contributed by atoms with Crippen molar-refractivity contribution in [2.24, 2.45) is 11.3 Å². The summed E-state index contributed by atoms with van der Waals surface area (Å²) in [6.45, 7) is 8.14. The number of halogens is 3. The number of carbonyl (C=O) groups is 2. The Labute approximate surface area is 177 Å². The van der Waals surface area contributed by atoms with Gasteiger partial charge in [-0.15, -0.1) is 0 Å². The molecule has 8 nitrogen and oxygen atoms in total. The average molecular weight is 444 g/mol. The van der Waals surface area contributed by atoms with Crippen LogP contribution in [0.15, 0.2) is 11.0 Å². The second-order valence-electron chi connectivity index (χ2n) is 8.95. The normalized spacial score (nSPS) is 22.9. The van der Waals surface area contributed by atoms with Crippen LogP contribution in [0.3, 0.4) is 0 Å². The average Bonchev–Trinajstić information content (AvgIpc) is 3.31. The van der Waals surface area contributed by atoms with Crippen LogP contribution < -0.4 is 10.9 Å². The molecule has 1 aliphatic carbocycles. The number of rotatable bonds is 4. The van der Waals surface area contributed by atoms with E-state index in [4.69, 9.17) is 9.90 Å². The monoisotopic (exact) mass is 444 g/mol. The van der Waals surface area contributed by atoms with Gasteiger partial charge >= 0.3 is 12.1 Å². The first-order chi connectivity index (χ1) is 14.4. The zero-order chi connectivity index (χ0) is 23.0. The Balaban J connectivity index is 0.000000339. The molecule has 4 rings (SSSR count). The van der Waals surface area contributed by atoms with Crippen LogP contribution in [-0.2, 0) is 17.8 Å². The predicted molar refractivity (Wildman–Crippen MR) is 105 cm³/mol. The zero-order valence-corrected chi connectivity index (χ0v) is 17.5. The lowest BCUT2D eigenvalue weighted by Gasteiger charge is -2.25. The van der Waals surface area contributed by atoms with E-state index in [0.29, 0.717) is 18.5 Å². The van der Waals surface area contributed by atoms with Crippen LogP contribution in [0.4, 0.5) is 13.2 Å². The highest BCUT2D eigenvalue weighted by atomic mass is 19.4. The molecule has 2 fully saturated rings. The van der Waals surface area contributed by atoms with Crippen LogP contribution in [0, 0.1) is 11.3 Å². The third kappa shape index (κ3) is 5.63. The second-order valence-corrected chi connectivity index (χ2v) is 8.95. The summed E-state index contributed by atoms with van der Waals surface area (Å²) in [4.78, 5) is 40.2. The van der Waals surface area contributed by atoms with E-state index in [1.54, 1.807) is 6.20 Å². The first kappa shape index (κ1) is 23.2. The van der Waals surface area contributed by atoms with Crippen molar-refractivity contribution in [3.05, 3.63) is 27.9 Å². The molecule has 1 unspecified atom stereocenters. The Bertz CT molecular complexity index is 911. The molecule has 1 aromatic heterocycles. The maximum absolute atomic E-state index is 12.3. The summed E-state index contributed by atoms with van der Waals surface area (Å²) in [7, 11) is 0. The highest BCUT2D eigenvalue weighted by Gasteiger charge is 2.44. The van der Waals surface area contributed by atoms with Crippen molar-refractivity contribution >= 4 is 11.9 Å². The van der Waals surface area contributed by atoms with E-state index in [2.05, 4.69) is 29.0 Å². The Hall–Kier alpha value is -2.43. The fourth-order valence-electron chi connectivity index (χ4n) is 4.05. The lowest BCUT2D eigenvalue weighted by atomic mass is 9.86. The minimum Gasteiger partial charge on any atom is -0.475 e. The smallest absolute Gasteiger partial charge is 0.475 e. The van der Waals surface area contributed by atoms with Gasteiger partial charge in [0.25, 0.3) is 11.5 Å². The molecule has 31 heavy (non-hydrogen) atoms. The Morgan fingerprint density at radius 2 is 1.97 bits per heavy atom. The van der Waals surface area contributed by atoms with Crippen molar-refractivity contribution in [3.63, 3.8) is 0 Å². The molecular weight excluding hydrogens is 417 g/mol. The lowest BCUT2D eigenvalue weighted by molar-refractivity contribution is -0.192. The first-order valence-electron chi connectivity index (χ1n) is 10.3. The summed E-state index contributed by atoms with van der Waals surface area (Å²) < 4.78 is 33.8. The topological polar surface area (TPSA) is 105 Å². The molecule has 0 bridgehead atoms. The van der Waals surface area contributed by atoms with Gasteiger partial charge in [-0.05, 0) is 45.6 Å². The van der Waals surface area contributed by atoms with Crippen molar-refractivity contribution in [3.8, 4) is 0 Å². The molecule has 3 aliphatic rings. The quantitative estimate of drug-likeness (QED) is 0.732. The summed E-state index contributed by atoms with van der Waals surface area (Å²) in [6, 6.07) is 0.546. The van der Waals surface area contributed by atoms with Gasteiger partial charge in [0.1, 0.15) is 11.4 Å². The molecule has 1 aromatic rings. The van der Waals surface area contributed by atoms with Crippen LogP contribution in [0.2, 0.25) is 0 Å². The molecule has 11 heteroatoms. The molecule has 3 heterocycles. The molecule has 1 spiro atoms. The predicted octanol–water partition coefficient (Wildman–Crippen LogP) is 1.67. The number of carbonyl (C=O) groups excluding carboxylic acids is 1. The summed E-state index contributed by atoms with van der Waals surface area (Å²) in [5.41, 5.74) is -0.0136. The van der Waals surface area contributed by atoms with E-state index in [1.165, 1.54) is 12.8 Å². The van der Waals surface area contributed by atoms with Gasteiger partial charge in [0.2, 0.25) is 0 Å². The largest absolute Gasteiger partial charge is 0.490 e. The van der Waals surface area contributed by atoms with Crippen molar-refractivity contribution in [2.45, 2.75) is 58.3 Å². The Morgan fingerprint density at radius 3 is 2.48 bits per heavy atom. The molecule has 2 aliphatic heterocycles. The molecule has 0 aromatic carbocycles. The third-order valence-corrected chi connectivity index (χ3v) is 6.05. The van der Waals surface area contributed by atoms with Gasteiger partial charge in [0, 0.05) is 43.7 Å². The number of hydrogen-bond donors (Lipinski definition) is 2. The molecule has 1 amide bonds. The summed E-state index contributed by atoms with van der Waals surface area (Å²) in [5.74, 6) is -1.59. The number of hydrogen-bond acceptors (Lipinski definition) is 5. The molecule has 1 atom stereocenters. The summed E-state index contributed by atoms with van der Waals surface area (Å²) in [5, 5.41) is 10.0. The molecule has 2 N–H and O–H groups in total. The highest BCUT2D eigenvalue weighted by Crippen LogP contribution is 2.40. The number of nitrogens with one attached hydrogen (secondary N) is 1. The Morgan fingerprint density at radius 1 is 1.32 bits per heavy atom. The molecule has 0 radical (unpaired) electrons. The second kappa shape index (κ2) is 8.60. The number of aliphatic carboxylic acids is 1. The minimum atomic E-state index is -5.08. The van der Waals surface area contributed by atoms with E-state index in [-0.39, 0.29) is 22.4 Å². The zero-order valence-electron chi connectivity index (χ0n) is 17.5. The molecule has 1 saturated carbocycles. The lowest BCUT2D eigenvalue weighted by Crippen LogP contribution is -2.33. The van der Waals surface area contributed by atoms with Crippen molar-refractivity contribution in [2.75, 3.05) is 19.6 Å². The number of nitrogens with zero attached hydrogens (tertiary/aromatic N) is 3. The van der Waals surface area contributed by atoms with E-state index in [1.807, 2.05) is 4.57 Å². The number of carboxylic acids is 1. The standard InChI is InChI=1S/C18H26N4O2.C2HF3O2/c1-12(2)21-6-5-18(10-21)7-15-20-17(24)14(9-22(15)11-18)16(23)19-8-13-3-4-13;3-2(4,5)1(6)7/h9,12-13H,3-8,10-11H2,1-2H3,(H,19,23);(H,6,7). The number of likely N-dealkylation sites (tertiary alicyclic amines) is 1. The summed E-state index contributed by atoms with van der Waals surface area (Å²) in [6.07, 6.45) is 0.980. The van der Waals surface area contributed by atoms with Crippen LogP contribution >= 0.6 is 0 Å². The van der Waals surface area contributed by atoms with Crippen molar-refractivity contribution in [1.82, 2.24) is 19.8 Å².